The van der Waals surface area contributed by atoms with Crippen LogP contribution in [-0.4, -0.2) is 11.6 Å². The van der Waals surface area contributed by atoms with E-state index in [4.69, 9.17) is 4.74 Å². The first-order valence-corrected chi connectivity index (χ1v) is 9.65. The zero-order valence-electron chi connectivity index (χ0n) is 18.8. The Bertz CT molecular complexity index is 396. The lowest BCUT2D eigenvalue weighted by atomic mass is 9.61. The minimum absolute atomic E-state index is 0.0407. The van der Waals surface area contributed by atoms with Gasteiger partial charge in [0.2, 0.25) is 0 Å². The van der Waals surface area contributed by atoms with Gasteiger partial charge in [-0.05, 0) is 41.9 Å². The van der Waals surface area contributed by atoms with Crippen LogP contribution in [0.25, 0.3) is 0 Å². The molecule has 0 aromatic heterocycles. The van der Waals surface area contributed by atoms with Crippen LogP contribution in [-0.2, 0) is 9.53 Å². The van der Waals surface area contributed by atoms with Crippen LogP contribution in [0, 0.1) is 34.0 Å². The maximum atomic E-state index is 13.5. The van der Waals surface area contributed by atoms with E-state index in [9.17, 15) is 4.79 Å². The second kappa shape index (κ2) is 7.38. The van der Waals surface area contributed by atoms with E-state index in [0.29, 0.717) is 0 Å². The molecule has 0 fully saturated rings. The van der Waals surface area contributed by atoms with Gasteiger partial charge in [0, 0.05) is 0 Å². The lowest BCUT2D eigenvalue weighted by molar-refractivity contribution is -0.200. The molecule has 1 unspecified atom stereocenters. The lowest BCUT2D eigenvalue weighted by Gasteiger charge is -2.49. The van der Waals surface area contributed by atoms with Crippen molar-refractivity contribution in [3.8, 4) is 0 Å². The molecule has 0 aromatic carbocycles. The third kappa shape index (κ3) is 4.76. The molecule has 0 aliphatic heterocycles. The Morgan fingerprint density at radius 1 is 0.750 bits per heavy atom. The van der Waals surface area contributed by atoms with E-state index in [-0.39, 0.29) is 34.6 Å². The van der Waals surface area contributed by atoms with E-state index in [2.05, 4.69) is 90.0 Å². The molecule has 24 heavy (non-hydrogen) atoms. The van der Waals surface area contributed by atoms with Crippen LogP contribution in [0.3, 0.4) is 0 Å². The highest BCUT2D eigenvalue weighted by Gasteiger charge is 2.52. The van der Waals surface area contributed by atoms with Crippen LogP contribution in [0.5, 0.6) is 0 Å². The fraction of sp³-hybridized carbons (Fsp3) is 0.955. The molecule has 0 aliphatic rings. The Balaban J connectivity index is 5.99. The SMILES string of the molecule is CC(C)C(OC(=O)C(C)(CC(C)(C)C)C(C)(C)C)(C(C)C)C(C)C. The largest absolute Gasteiger partial charge is 0.458 e. The molecule has 0 saturated heterocycles. The predicted octanol–water partition coefficient (Wildman–Crippen LogP) is 6.73. The summed E-state index contributed by atoms with van der Waals surface area (Å²) in [6.07, 6.45) is 0.812. The minimum atomic E-state index is -0.519. The first kappa shape index (κ1) is 23.5. The molecule has 0 aliphatic carbocycles. The average molecular weight is 341 g/mol. The monoisotopic (exact) mass is 340 g/mol. The van der Waals surface area contributed by atoms with Gasteiger partial charge in [-0.15, -0.1) is 0 Å². The van der Waals surface area contributed by atoms with E-state index >= 15 is 0 Å². The lowest BCUT2D eigenvalue weighted by Crippen LogP contribution is -2.54. The molecule has 0 bridgehead atoms. The first-order chi connectivity index (χ1) is 10.4. The summed E-state index contributed by atoms with van der Waals surface area (Å²) in [5, 5.41) is 0. The van der Waals surface area contributed by atoms with E-state index < -0.39 is 11.0 Å². The molecule has 0 aromatic rings. The summed E-state index contributed by atoms with van der Waals surface area (Å²) in [7, 11) is 0. The van der Waals surface area contributed by atoms with Crippen LogP contribution < -0.4 is 0 Å². The maximum absolute atomic E-state index is 13.5. The molecule has 0 spiro atoms. The summed E-state index contributed by atoms with van der Waals surface area (Å²) >= 11 is 0. The third-order valence-electron chi connectivity index (χ3n) is 5.97. The summed E-state index contributed by atoms with van der Waals surface area (Å²) < 4.78 is 6.42. The molecule has 144 valence electrons. The van der Waals surface area contributed by atoms with Gasteiger partial charge in [-0.3, -0.25) is 4.79 Å². The highest BCUT2D eigenvalue weighted by molar-refractivity contribution is 5.78. The van der Waals surface area contributed by atoms with Crippen LogP contribution in [0.2, 0.25) is 0 Å². The van der Waals surface area contributed by atoms with Crippen LogP contribution >= 0.6 is 0 Å². The van der Waals surface area contributed by atoms with E-state index in [1.54, 1.807) is 0 Å². The fourth-order valence-corrected chi connectivity index (χ4v) is 4.33. The molecule has 0 heterocycles. The topological polar surface area (TPSA) is 26.3 Å². The van der Waals surface area contributed by atoms with Crippen molar-refractivity contribution in [2.24, 2.45) is 34.0 Å². The summed E-state index contributed by atoms with van der Waals surface area (Å²) in [6.45, 7) is 28.2. The predicted molar refractivity (Wildman–Crippen MR) is 105 cm³/mol. The summed E-state index contributed by atoms with van der Waals surface area (Å²) in [6, 6.07) is 0. The average Bonchev–Trinajstić information content (AvgIpc) is 2.30. The van der Waals surface area contributed by atoms with Crippen molar-refractivity contribution in [2.75, 3.05) is 0 Å². The molecular weight excluding hydrogens is 296 g/mol. The highest BCUT2D eigenvalue weighted by atomic mass is 16.6. The number of hydrogen-bond acceptors (Lipinski definition) is 2. The molecule has 0 saturated carbocycles. The number of esters is 1. The Hall–Kier alpha value is -0.530. The Morgan fingerprint density at radius 2 is 1.08 bits per heavy atom. The Kier molecular flexibility index (Phi) is 7.21. The molecule has 2 nitrogen and oxygen atoms in total. The number of hydrogen-bond donors (Lipinski definition) is 0. The van der Waals surface area contributed by atoms with Gasteiger partial charge in [0.05, 0.1) is 5.41 Å². The van der Waals surface area contributed by atoms with E-state index in [1.807, 2.05) is 0 Å². The standard InChI is InChI=1S/C22H44O2/c1-15(2)22(16(3)4,17(5)6)24-18(23)21(13,20(10,11)12)14-19(7,8)9/h15-17H,14H2,1-13H3. The Morgan fingerprint density at radius 3 is 1.29 bits per heavy atom. The number of rotatable bonds is 6. The van der Waals surface area contributed by atoms with Gasteiger partial charge in [0.15, 0.2) is 0 Å². The molecular formula is C22H44O2. The molecule has 0 radical (unpaired) electrons. The molecule has 2 heteroatoms. The maximum Gasteiger partial charge on any atom is 0.312 e. The van der Waals surface area contributed by atoms with Gasteiger partial charge in [-0.2, -0.15) is 0 Å². The van der Waals surface area contributed by atoms with Crippen molar-refractivity contribution >= 4 is 5.97 Å². The number of ether oxygens (including phenoxy) is 1. The van der Waals surface area contributed by atoms with Gasteiger partial charge >= 0.3 is 5.97 Å². The highest BCUT2D eigenvalue weighted by Crippen LogP contribution is 2.49. The van der Waals surface area contributed by atoms with Crippen molar-refractivity contribution in [1.29, 1.82) is 0 Å². The smallest absolute Gasteiger partial charge is 0.312 e. The summed E-state index contributed by atoms with van der Waals surface area (Å²) in [5.74, 6) is 0.793. The van der Waals surface area contributed by atoms with Gasteiger partial charge in [-0.1, -0.05) is 83.1 Å². The molecule has 1 atom stereocenters. The van der Waals surface area contributed by atoms with Crippen molar-refractivity contribution < 1.29 is 9.53 Å². The quantitative estimate of drug-likeness (QED) is 0.501. The first-order valence-electron chi connectivity index (χ1n) is 9.65. The second-order valence-electron chi connectivity index (χ2n) is 11.0. The van der Waals surface area contributed by atoms with Crippen molar-refractivity contribution in [1.82, 2.24) is 0 Å². The van der Waals surface area contributed by atoms with Crippen molar-refractivity contribution in [3.63, 3.8) is 0 Å². The van der Waals surface area contributed by atoms with E-state index in [1.165, 1.54) is 0 Å². The zero-order chi connectivity index (χ0) is 19.7. The molecule has 0 N–H and O–H groups in total. The third-order valence-corrected chi connectivity index (χ3v) is 5.97. The minimum Gasteiger partial charge on any atom is -0.458 e. The van der Waals surface area contributed by atoms with Gasteiger partial charge in [0.25, 0.3) is 0 Å². The van der Waals surface area contributed by atoms with Crippen LogP contribution in [0.4, 0.5) is 0 Å². The van der Waals surface area contributed by atoms with Crippen LogP contribution in [0.15, 0.2) is 0 Å². The summed E-state index contributed by atoms with van der Waals surface area (Å²) in [4.78, 5) is 13.5. The van der Waals surface area contributed by atoms with Crippen LogP contribution in [0.1, 0.15) is 96.4 Å². The zero-order valence-corrected chi connectivity index (χ0v) is 18.8. The van der Waals surface area contributed by atoms with E-state index in [0.717, 1.165) is 6.42 Å². The molecule has 0 rings (SSSR count). The van der Waals surface area contributed by atoms with Gasteiger partial charge in [-0.25, -0.2) is 0 Å². The second-order valence-corrected chi connectivity index (χ2v) is 11.0. The normalized spacial score (nSPS) is 16.7. The van der Waals surface area contributed by atoms with Gasteiger partial charge in [0.1, 0.15) is 5.60 Å². The summed E-state index contributed by atoms with van der Waals surface area (Å²) in [5.41, 5.74) is -1.04. The molecule has 0 amide bonds. The van der Waals surface area contributed by atoms with Crippen molar-refractivity contribution in [3.05, 3.63) is 0 Å². The number of carbonyl (C=O) groups is 1. The van der Waals surface area contributed by atoms with Crippen molar-refractivity contribution in [2.45, 2.75) is 102 Å². The fourth-order valence-electron chi connectivity index (χ4n) is 4.33. The van der Waals surface area contributed by atoms with Gasteiger partial charge < -0.3 is 4.74 Å². The number of carbonyl (C=O) groups excluding carboxylic acids is 1. The Labute approximate surface area is 152 Å².